The Morgan fingerprint density at radius 2 is 2.22 bits per heavy atom. The van der Waals surface area contributed by atoms with Gasteiger partial charge < -0.3 is 5.32 Å². The molecule has 0 aliphatic carbocycles. The van der Waals surface area contributed by atoms with Gasteiger partial charge in [-0.2, -0.15) is 5.26 Å². The Bertz CT molecular complexity index is 599. The molecule has 0 aliphatic rings. The zero-order valence-electron chi connectivity index (χ0n) is 10.4. The van der Waals surface area contributed by atoms with Gasteiger partial charge in [-0.15, -0.1) is 0 Å². The Kier molecular flexibility index (Phi) is 3.54. The summed E-state index contributed by atoms with van der Waals surface area (Å²) < 4.78 is 0. The summed E-state index contributed by atoms with van der Waals surface area (Å²) in [5.74, 6) is 0.605. The van der Waals surface area contributed by atoms with Crippen molar-refractivity contribution >= 4 is 5.82 Å². The van der Waals surface area contributed by atoms with E-state index in [4.69, 9.17) is 5.26 Å². The van der Waals surface area contributed by atoms with E-state index in [0.717, 1.165) is 23.1 Å². The van der Waals surface area contributed by atoms with Crippen LogP contribution < -0.4 is 5.32 Å². The van der Waals surface area contributed by atoms with Crippen LogP contribution in [0.5, 0.6) is 0 Å². The average Bonchev–Trinajstić information content (AvgIpc) is 2.46. The monoisotopic (exact) mass is 238 g/mol. The Morgan fingerprint density at radius 3 is 2.89 bits per heavy atom. The Labute approximate surface area is 106 Å². The molecule has 2 heterocycles. The third-order valence-electron chi connectivity index (χ3n) is 2.84. The second-order valence-electron chi connectivity index (χ2n) is 3.87. The molecule has 1 N–H and O–H groups in total. The molecule has 4 heteroatoms. The quantitative estimate of drug-likeness (QED) is 0.892. The number of nitriles is 1. The van der Waals surface area contributed by atoms with Crippen LogP contribution in [0.2, 0.25) is 0 Å². The van der Waals surface area contributed by atoms with Crippen LogP contribution in [0.4, 0.5) is 5.82 Å². The molecule has 0 amide bonds. The molecule has 0 fully saturated rings. The molecule has 0 bridgehead atoms. The molecule has 0 saturated carbocycles. The summed E-state index contributed by atoms with van der Waals surface area (Å²) in [7, 11) is 1.76. The first-order valence-corrected chi connectivity index (χ1v) is 5.81. The third kappa shape index (κ3) is 2.16. The minimum Gasteiger partial charge on any atom is -0.372 e. The van der Waals surface area contributed by atoms with Crippen LogP contribution in [0.1, 0.15) is 18.1 Å². The van der Waals surface area contributed by atoms with Crippen molar-refractivity contribution < 1.29 is 0 Å². The summed E-state index contributed by atoms with van der Waals surface area (Å²) in [5, 5.41) is 12.0. The van der Waals surface area contributed by atoms with Crippen LogP contribution in [-0.4, -0.2) is 17.0 Å². The van der Waals surface area contributed by atoms with Crippen molar-refractivity contribution in [3.05, 3.63) is 41.9 Å². The second kappa shape index (κ2) is 5.28. The van der Waals surface area contributed by atoms with Crippen molar-refractivity contribution in [3.63, 3.8) is 0 Å². The number of hydrogen-bond acceptors (Lipinski definition) is 4. The van der Waals surface area contributed by atoms with E-state index >= 15 is 0 Å². The first kappa shape index (κ1) is 12.1. The maximum absolute atomic E-state index is 9.11. The molecule has 4 nitrogen and oxygen atoms in total. The highest BCUT2D eigenvalue weighted by Crippen LogP contribution is 2.25. The average molecular weight is 238 g/mol. The molecular weight excluding hydrogens is 224 g/mol. The van der Waals surface area contributed by atoms with E-state index in [1.165, 1.54) is 0 Å². The fraction of sp³-hybridized carbons (Fsp3) is 0.214. The topological polar surface area (TPSA) is 61.6 Å². The van der Waals surface area contributed by atoms with Crippen LogP contribution in [0, 0.1) is 11.3 Å². The van der Waals surface area contributed by atoms with Crippen LogP contribution >= 0.6 is 0 Å². The number of nitrogens with one attached hydrogen (secondary N) is 1. The Hall–Kier alpha value is -2.41. The van der Waals surface area contributed by atoms with Crippen molar-refractivity contribution in [1.29, 1.82) is 5.26 Å². The van der Waals surface area contributed by atoms with Gasteiger partial charge in [-0.1, -0.05) is 6.92 Å². The molecule has 2 aromatic heterocycles. The van der Waals surface area contributed by atoms with E-state index in [-0.39, 0.29) is 0 Å². The molecule has 0 spiro atoms. The number of aryl methyl sites for hydroxylation is 1. The van der Waals surface area contributed by atoms with Crippen LogP contribution in [-0.2, 0) is 6.42 Å². The van der Waals surface area contributed by atoms with E-state index in [1.807, 2.05) is 18.3 Å². The highest BCUT2D eigenvalue weighted by atomic mass is 15.0. The maximum atomic E-state index is 9.11. The van der Waals surface area contributed by atoms with Crippen molar-refractivity contribution in [2.75, 3.05) is 12.4 Å². The Balaban J connectivity index is 2.55. The van der Waals surface area contributed by atoms with Crippen LogP contribution in [0.15, 0.2) is 30.7 Å². The number of rotatable bonds is 3. The molecule has 2 aromatic rings. The van der Waals surface area contributed by atoms with Gasteiger partial charge in [-0.25, -0.2) is 4.98 Å². The fourth-order valence-corrected chi connectivity index (χ4v) is 1.89. The molecule has 18 heavy (non-hydrogen) atoms. The van der Waals surface area contributed by atoms with Gasteiger partial charge >= 0.3 is 0 Å². The molecule has 0 saturated heterocycles. The summed E-state index contributed by atoms with van der Waals surface area (Å²) >= 11 is 0. The molecule has 0 aliphatic heterocycles. The second-order valence-corrected chi connectivity index (χ2v) is 3.87. The standard InChI is InChI=1S/C14H14N4/c1-3-10-8-17-5-4-13(10)12-6-11(7-15)14(16-2)18-9-12/h4-6,8-9H,3H2,1-2H3,(H,16,18). The molecule has 2 rings (SSSR count). The number of anilines is 1. The van der Waals surface area contributed by atoms with E-state index in [9.17, 15) is 0 Å². The van der Waals surface area contributed by atoms with Gasteiger partial charge in [0.1, 0.15) is 11.9 Å². The molecule has 90 valence electrons. The number of nitrogens with zero attached hydrogens (tertiary/aromatic N) is 3. The van der Waals surface area contributed by atoms with Gasteiger partial charge in [0.2, 0.25) is 0 Å². The highest BCUT2D eigenvalue weighted by Gasteiger charge is 2.08. The predicted octanol–water partition coefficient (Wildman–Crippen LogP) is 2.62. The van der Waals surface area contributed by atoms with Crippen molar-refractivity contribution in [2.24, 2.45) is 0 Å². The van der Waals surface area contributed by atoms with E-state index in [1.54, 1.807) is 19.4 Å². The lowest BCUT2D eigenvalue weighted by Crippen LogP contribution is -1.97. The van der Waals surface area contributed by atoms with Gasteiger partial charge in [-0.3, -0.25) is 4.98 Å². The van der Waals surface area contributed by atoms with Gasteiger partial charge in [0.25, 0.3) is 0 Å². The summed E-state index contributed by atoms with van der Waals surface area (Å²) in [6.45, 7) is 2.08. The summed E-state index contributed by atoms with van der Waals surface area (Å²) in [4.78, 5) is 8.39. The molecule has 0 radical (unpaired) electrons. The number of aromatic nitrogens is 2. The lowest BCUT2D eigenvalue weighted by Gasteiger charge is -2.09. The van der Waals surface area contributed by atoms with Gasteiger partial charge in [0, 0.05) is 31.2 Å². The smallest absolute Gasteiger partial charge is 0.143 e. The molecule has 0 atom stereocenters. The lowest BCUT2D eigenvalue weighted by atomic mass is 10.0. The van der Waals surface area contributed by atoms with Crippen molar-refractivity contribution in [3.8, 4) is 17.2 Å². The minimum atomic E-state index is 0.550. The fourth-order valence-electron chi connectivity index (χ4n) is 1.89. The zero-order chi connectivity index (χ0) is 13.0. The minimum absolute atomic E-state index is 0.550. The molecule has 0 unspecified atom stereocenters. The summed E-state index contributed by atoms with van der Waals surface area (Å²) in [5.41, 5.74) is 3.73. The third-order valence-corrected chi connectivity index (χ3v) is 2.84. The number of pyridine rings is 2. The first-order valence-electron chi connectivity index (χ1n) is 5.81. The molecule has 0 aromatic carbocycles. The largest absolute Gasteiger partial charge is 0.372 e. The summed E-state index contributed by atoms with van der Waals surface area (Å²) in [6.07, 6.45) is 6.29. The molecular formula is C14H14N4. The number of hydrogen-bond donors (Lipinski definition) is 1. The van der Waals surface area contributed by atoms with Gasteiger partial charge in [0.05, 0.1) is 5.56 Å². The predicted molar refractivity (Wildman–Crippen MR) is 71.1 cm³/mol. The Morgan fingerprint density at radius 1 is 1.39 bits per heavy atom. The van der Waals surface area contributed by atoms with Gasteiger partial charge in [-0.05, 0) is 29.7 Å². The highest BCUT2D eigenvalue weighted by molar-refractivity contribution is 5.70. The normalized spacial score (nSPS) is 9.83. The SMILES string of the molecule is CCc1cnccc1-c1cnc(NC)c(C#N)c1. The summed E-state index contributed by atoms with van der Waals surface area (Å²) in [6, 6.07) is 5.96. The zero-order valence-corrected chi connectivity index (χ0v) is 10.4. The maximum Gasteiger partial charge on any atom is 0.143 e. The van der Waals surface area contributed by atoms with Gasteiger partial charge in [0.15, 0.2) is 0 Å². The van der Waals surface area contributed by atoms with E-state index < -0.39 is 0 Å². The van der Waals surface area contributed by atoms with E-state index in [2.05, 4.69) is 28.3 Å². The first-order chi connectivity index (χ1) is 8.80. The van der Waals surface area contributed by atoms with Crippen molar-refractivity contribution in [2.45, 2.75) is 13.3 Å². The van der Waals surface area contributed by atoms with Crippen LogP contribution in [0.3, 0.4) is 0 Å². The lowest BCUT2D eigenvalue weighted by molar-refractivity contribution is 1.10. The van der Waals surface area contributed by atoms with Crippen LogP contribution in [0.25, 0.3) is 11.1 Å². The van der Waals surface area contributed by atoms with Crippen molar-refractivity contribution in [1.82, 2.24) is 9.97 Å². The van der Waals surface area contributed by atoms with E-state index in [0.29, 0.717) is 11.4 Å².